The van der Waals surface area contributed by atoms with Crippen molar-refractivity contribution in [1.82, 2.24) is 30.0 Å². The largest absolute Gasteiger partial charge is 0.507 e. The van der Waals surface area contributed by atoms with Crippen LogP contribution in [0.4, 0.5) is 5.95 Å². The van der Waals surface area contributed by atoms with Crippen molar-refractivity contribution in [3.05, 3.63) is 42.6 Å². The van der Waals surface area contributed by atoms with Gasteiger partial charge < -0.3 is 19.9 Å². The Hall–Kier alpha value is -3.51. The highest BCUT2D eigenvalue weighted by Gasteiger charge is 2.39. The number of piperidine rings is 1. The SMILES string of the molecule is CN(c1ncc(-c2ccc(-n3cnc(C#N)c3)cc2O)nn1)C1CC(C)(C)NC(C)(C)C1. The van der Waals surface area contributed by atoms with Crippen molar-refractivity contribution in [2.45, 2.75) is 57.7 Å². The molecule has 2 N–H and O–H groups in total. The third kappa shape index (κ3) is 4.41. The summed E-state index contributed by atoms with van der Waals surface area (Å²) in [7, 11) is 2.01. The topological polar surface area (TPSA) is 116 Å². The minimum atomic E-state index is 0.0187. The Labute approximate surface area is 187 Å². The number of hydrogen-bond donors (Lipinski definition) is 2. The number of nitrogens with zero attached hydrogens (tertiary/aromatic N) is 7. The predicted octanol–water partition coefficient (Wildman–Crippen LogP) is 3.05. The number of anilines is 1. The number of phenolic OH excluding ortho intramolecular Hbond substituents is 1. The molecule has 0 unspecified atom stereocenters. The average Bonchev–Trinajstić information content (AvgIpc) is 3.20. The van der Waals surface area contributed by atoms with Crippen molar-refractivity contribution in [3.63, 3.8) is 0 Å². The molecule has 1 aliphatic heterocycles. The summed E-state index contributed by atoms with van der Waals surface area (Å²) in [5.41, 5.74) is 2.06. The normalized spacial score (nSPS) is 17.6. The zero-order valence-electron chi connectivity index (χ0n) is 19.0. The summed E-state index contributed by atoms with van der Waals surface area (Å²) in [6, 6.07) is 7.44. The number of hydrogen-bond acceptors (Lipinski definition) is 8. The highest BCUT2D eigenvalue weighted by atomic mass is 16.3. The fourth-order valence-electron chi connectivity index (χ4n) is 4.68. The summed E-state index contributed by atoms with van der Waals surface area (Å²) in [5, 5.41) is 31.9. The molecule has 0 bridgehead atoms. The summed E-state index contributed by atoms with van der Waals surface area (Å²) in [6.07, 6.45) is 6.71. The van der Waals surface area contributed by atoms with E-state index in [0.29, 0.717) is 28.6 Å². The first-order valence-electron chi connectivity index (χ1n) is 10.6. The maximum atomic E-state index is 10.6. The molecule has 1 fully saturated rings. The van der Waals surface area contributed by atoms with Gasteiger partial charge in [-0.05, 0) is 52.7 Å². The Morgan fingerprint density at radius 2 is 1.88 bits per heavy atom. The quantitative estimate of drug-likeness (QED) is 0.646. The molecule has 1 aromatic carbocycles. The van der Waals surface area contributed by atoms with E-state index in [9.17, 15) is 5.11 Å². The second-order valence-electron chi connectivity index (χ2n) is 9.69. The number of benzene rings is 1. The van der Waals surface area contributed by atoms with Gasteiger partial charge in [-0.15, -0.1) is 10.2 Å². The van der Waals surface area contributed by atoms with Crippen molar-refractivity contribution < 1.29 is 5.11 Å². The molecule has 0 radical (unpaired) electrons. The van der Waals surface area contributed by atoms with Crippen LogP contribution in [-0.4, -0.2) is 54.0 Å². The number of nitrogens with one attached hydrogen (secondary N) is 1. The molecule has 2 aromatic heterocycles. The van der Waals surface area contributed by atoms with Crippen LogP contribution in [0.3, 0.4) is 0 Å². The van der Waals surface area contributed by atoms with Crippen LogP contribution in [0.2, 0.25) is 0 Å². The molecule has 3 heterocycles. The van der Waals surface area contributed by atoms with Gasteiger partial charge in [0.25, 0.3) is 0 Å². The number of nitriles is 1. The monoisotopic (exact) mass is 432 g/mol. The Morgan fingerprint density at radius 1 is 1.16 bits per heavy atom. The van der Waals surface area contributed by atoms with Crippen LogP contribution in [-0.2, 0) is 0 Å². The van der Waals surface area contributed by atoms with Crippen LogP contribution < -0.4 is 10.2 Å². The number of rotatable bonds is 4. The third-order valence-corrected chi connectivity index (χ3v) is 5.83. The Morgan fingerprint density at radius 3 is 2.44 bits per heavy atom. The predicted molar refractivity (Wildman–Crippen MR) is 121 cm³/mol. The van der Waals surface area contributed by atoms with Crippen molar-refractivity contribution in [3.8, 4) is 28.8 Å². The van der Waals surface area contributed by atoms with E-state index in [1.807, 2.05) is 19.2 Å². The van der Waals surface area contributed by atoms with Gasteiger partial charge in [-0.3, -0.25) is 0 Å². The summed E-state index contributed by atoms with van der Waals surface area (Å²) < 4.78 is 1.67. The van der Waals surface area contributed by atoms with Gasteiger partial charge in [0.05, 0.1) is 11.9 Å². The van der Waals surface area contributed by atoms with E-state index in [0.717, 1.165) is 12.8 Å². The second kappa shape index (κ2) is 7.88. The zero-order valence-corrected chi connectivity index (χ0v) is 19.0. The molecule has 32 heavy (non-hydrogen) atoms. The number of aromatic nitrogens is 5. The average molecular weight is 433 g/mol. The molecule has 0 spiro atoms. The fourth-order valence-corrected chi connectivity index (χ4v) is 4.68. The first kappa shape index (κ1) is 21.7. The second-order valence-corrected chi connectivity index (χ2v) is 9.69. The van der Waals surface area contributed by atoms with E-state index >= 15 is 0 Å². The standard InChI is InChI=1S/C23H28N8O/c1-22(2)9-17(10-23(3,4)29-22)30(5)21-25-12-19(27-28-21)18-7-6-16(8-20(18)32)31-13-15(11-24)26-14-31/h6-8,12-14,17,29,32H,9-10H2,1-5H3. The highest BCUT2D eigenvalue weighted by Crippen LogP contribution is 2.33. The van der Waals surface area contributed by atoms with Crippen LogP contribution >= 0.6 is 0 Å². The van der Waals surface area contributed by atoms with Gasteiger partial charge in [0.15, 0.2) is 5.69 Å². The van der Waals surface area contributed by atoms with E-state index in [1.165, 1.54) is 6.33 Å². The van der Waals surface area contributed by atoms with Crippen molar-refractivity contribution in [2.75, 3.05) is 11.9 Å². The maximum Gasteiger partial charge on any atom is 0.245 e. The molecular formula is C23H28N8O. The molecule has 0 atom stereocenters. The summed E-state index contributed by atoms with van der Waals surface area (Å²) in [6.45, 7) is 8.87. The van der Waals surface area contributed by atoms with Crippen molar-refractivity contribution in [1.29, 1.82) is 5.26 Å². The lowest BCUT2D eigenvalue weighted by Gasteiger charge is -2.48. The first-order valence-corrected chi connectivity index (χ1v) is 10.6. The van der Waals surface area contributed by atoms with E-state index in [4.69, 9.17) is 5.26 Å². The minimum Gasteiger partial charge on any atom is -0.507 e. The molecule has 9 nitrogen and oxygen atoms in total. The van der Waals surface area contributed by atoms with Gasteiger partial charge in [0, 0.05) is 42.0 Å². The molecule has 0 amide bonds. The Balaban J connectivity index is 1.54. The zero-order chi connectivity index (χ0) is 23.1. The van der Waals surface area contributed by atoms with Crippen LogP contribution in [0.1, 0.15) is 46.2 Å². The van der Waals surface area contributed by atoms with Gasteiger partial charge in [0.2, 0.25) is 5.95 Å². The van der Waals surface area contributed by atoms with Gasteiger partial charge >= 0.3 is 0 Å². The van der Waals surface area contributed by atoms with Gasteiger partial charge in [-0.1, -0.05) is 0 Å². The molecular weight excluding hydrogens is 404 g/mol. The van der Waals surface area contributed by atoms with Crippen molar-refractivity contribution in [2.24, 2.45) is 0 Å². The van der Waals surface area contributed by atoms with E-state index < -0.39 is 0 Å². The number of phenols is 1. The third-order valence-electron chi connectivity index (χ3n) is 5.83. The lowest BCUT2D eigenvalue weighted by atomic mass is 9.79. The lowest BCUT2D eigenvalue weighted by Crippen LogP contribution is -2.62. The molecule has 1 saturated heterocycles. The highest BCUT2D eigenvalue weighted by molar-refractivity contribution is 5.68. The van der Waals surface area contributed by atoms with Gasteiger partial charge in [0.1, 0.15) is 23.8 Å². The lowest BCUT2D eigenvalue weighted by molar-refractivity contribution is 0.160. The summed E-state index contributed by atoms with van der Waals surface area (Å²) >= 11 is 0. The van der Waals surface area contributed by atoms with E-state index in [-0.39, 0.29) is 22.9 Å². The molecule has 0 saturated carbocycles. The van der Waals surface area contributed by atoms with Gasteiger partial charge in [-0.25, -0.2) is 9.97 Å². The Bertz CT molecular complexity index is 1140. The first-order chi connectivity index (χ1) is 15.1. The van der Waals surface area contributed by atoms with Crippen LogP contribution in [0.25, 0.3) is 16.9 Å². The molecule has 166 valence electrons. The summed E-state index contributed by atoms with van der Waals surface area (Å²) in [5.74, 6) is 0.611. The Kier molecular flexibility index (Phi) is 5.34. The summed E-state index contributed by atoms with van der Waals surface area (Å²) in [4.78, 5) is 10.6. The number of aromatic hydroxyl groups is 1. The minimum absolute atomic E-state index is 0.0187. The molecule has 3 aromatic rings. The van der Waals surface area contributed by atoms with E-state index in [1.54, 1.807) is 29.1 Å². The van der Waals surface area contributed by atoms with E-state index in [2.05, 4.69) is 58.1 Å². The molecule has 9 heteroatoms. The van der Waals surface area contributed by atoms with Gasteiger partial charge in [-0.2, -0.15) is 5.26 Å². The molecule has 0 aliphatic carbocycles. The number of imidazole rings is 1. The van der Waals surface area contributed by atoms with Crippen LogP contribution in [0, 0.1) is 11.3 Å². The fraction of sp³-hybridized carbons (Fsp3) is 0.435. The smallest absolute Gasteiger partial charge is 0.245 e. The molecule has 1 aliphatic rings. The van der Waals surface area contributed by atoms with Crippen molar-refractivity contribution >= 4 is 5.95 Å². The van der Waals surface area contributed by atoms with Crippen LogP contribution in [0.5, 0.6) is 5.75 Å². The maximum absolute atomic E-state index is 10.6. The van der Waals surface area contributed by atoms with Crippen LogP contribution in [0.15, 0.2) is 36.9 Å². The molecule has 4 rings (SSSR count).